The summed E-state index contributed by atoms with van der Waals surface area (Å²) in [6.07, 6.45) is 5.53. The summed E-state index contributed by atoms with van der Waals surface area (Å²) >= 11 is 1.82. The molecule has 1 N–H and O–H groups in total. The highest BCUT2D eigenvalue weighted by atomic mass is 32.1. The second kappa shape index (κ2) is 7.13. The maximum atomic E-state index is 13.3. The SMILES string of the molecule is CC[C@@H]1c2ccsc2CCN1CN1C(=O)NC2(CCC(C(C)(C)C)CC2)C1=O. The van der Waals surface area contributed by atoms with Crippen LogP contribution in [0.5, 0.6) is 0 Å². The summed E-state index contributed by atoms with van der Waals surface area (Å²) < 4.78 is 0. The zero-order valence-electron chi connectivity index (χ0n) is 17.6. The van der Waals surface area contributed by atoms with Crippen molar-refractivity contribution < 1.29 is 9.59 Å². The van der Waals surface area contributed by atoms with Crippen LogP contribution in [0.4, 0.5) is 4.79 Å². The second-order valence-electron chi connectivity index (χ2n) is 9.81. The van der Waals surface area contributed by atoms with E-state index >= 15 is 0 Å². The quantitative estimate of drug-likeness (QED) is 0.754. The molecule has 6 heteroatoms. The van der Waals surface area contributed by atoms with E-state index in [0.29, 0.717) is 18.6 Å². The number of imide groups is 1. The number of amides is 3. The predicted molar refractivity (Wildman–Crippen MR) is 112 cm³/mol. The maximum Gasteiger partial charge on any atom is 0.326 e. The Morgan fingerprint density at radius 2 is 1.96 bits per heavy atom. The van der Waals surface area contributed by atoms with E-state index in [-0.39, 0.29) is 17.4 Å². The summed E-state index contributed by atoms with van der Waals surface area (Å²) in [6, 6.07) is 2.30. The molecule has 1 saturated carbocycles. The predicted octanol–water partition coefficient (Wildman–Crippen LogP) is 4.54. The van der Waals surface area contributed by atoms with Crippen molar-refractivity contribution in [3.63, 3.8) is 0 Å². The van der Waals surface area contributed by atoms with Gasteiger partial charge in [0.2, 0.25) is 0 Å². The zero-order chi connectivity index (χ0) is 20.1. The highest BCUT2D eigenvalue weighted by molar-refractivity contribution is 7.10. The van der Waals surface area contributed by atoms with E-state index in [1.165, 1.54) is 15.3 Å². The van der Waals surface area contributed by atoms with Gasteiger partial charge < -0.3 is 5.32 Å². The Kier molecular flexibility index (Phi) is 5.07. The number of nitrogens with one attached hydrogen (secondary N) is 1. The van der Waals surface area contributed by atoms with Crippen molar-refractivity contribution in [2.45, 2.75) is 77.8 Å². The highest BCUT2D eigenvalue weighted by Gasteiger charge is 2.53. The molecule has 3 aliphatic rings. The summed E-state index contributed by atoms with van der Waals surface area (Å²) in [5.41, 5.74) is 0.975. The molecule has 1 aromatic heterocycles. The first-order chi connectivity index (χ1) is 13.2. The van der Waals surface area contributed by atoms with Crippen molar-refractivity contribution in [1.29, 1.82) is 0 Å². The van der Waals surface area contributed by atoms with Crippen LogP contribution < -0.4 is 5.32 Å². The minimum absolute atomic E-state index is 0.00386. The average molecular weight is 404 g/mol. The molecular weight excluding hydrogens is 370 g/mol. The van der Waals surface area contributed by atoms with Crippen LogP contribution in [-0.4, -0.2) is 40.5 Å². The lowest BCUT2D eigenvalue weighted by Crippen LogP contribution is -2.51. The van der Waals surface area contributed by atoms with Crippen LogP contribution in [0, 0.1) is 11.3 Å². The third-order valence-corrected chi connectivity index (χ3v) is 8.22. The number of nitrogens with zero attached hydrogens (tertiary/aromatic N) is 2. The van der Waals surface area contributed by atoms with Crippen molar-refractivity contribution >= 4 is 23.3 Å². The van der Waals surface area contributed by atoms with E-state index in [1.54, 1.807) is 0 Å². The Labute approximate surface area is 172 Å². The molecule has 2 aliphatic heterocycles. The average Bonchev–Trinajstić information content (AvgIpc) is 3.20. The van der Waals surface area contributed by atoms with Crippen LogP contribution in [0.2, 0.25) is 0 Å². The van der Waals surface area contributed by atoms with Crippen molar-refractivity contribution in [2.24, 2.45) is 11.3 Å². The van der Waals surface area contributed by atoms with Gasteiger partial charge in [-0.05, 0) is 66.9 Å². The molecule has 0 bridgehead atoms. The van der Waals surface area contributed by atoms with E-state index in [0.717, 1.165) is 45.1 Å². The molecule has 0 radical (unpaired) electrons. The van der Waals surface area contributed by atoms with Crippen molar-refractivity contribution in [3.8, 4) is 0 Å². The number of carbonyl (C=O) groups excluding carboxylic acids is 2. The van der Waals surface area contributed by atoms with Crippen LogP contribution in [-0.2, 0) is 11.2 Å². The lowest BCUT2D eigenvalue weighted by Gasteiger charge is -2.41. The lowest BCUT2D eigenvalue weighted by molar-refractivity contribution is -0.135. The maximum absolute atomic E-state index is 13.3. The van der Waals surface area contributed by atoms with E-state index in [4.69, 9.17) is 0 Å². The Balaban J connectivity index is 1.47. The normalized spacial score (nSPS) is 31.4. The molecule has 3 amide bonds. The number of carbonyl (C=O) groups is 2. The summed E-state index contributed by atoms with van der Waals surface area (Å²) in [4.78, 5) is 31.4. The second-order valence-corrected chi connectivity index (χ2v) is 10.8. The summed E-state index contributed by atoms with van der Waals surface area (Å²) in [7, 11) is 0. The highest BCUT2D eigenvalue weighted by Crippen LogP contribution is 2.44. The largest absolute Gasteiger partial charge is 0.326 e. The molecule has 1 aliphatic carbocycles. The van der Waals surface area contributed by atoms with Gasteiger partial charge in [0.25, 0.3) is 5.91 Å². The Morgan fingerprint density at radius 1 is 1.25 bits per heavy atom. The molecule has 4 rings (SSSR count). The topological polar surface area (TPSA) is 52.6 Å². The molecule has 0 aromatic carbocycles. The molecule has 0 unspecified atom stereocenters. The molecular formula is C22H33N3O2S. The van der Waals surface area contributed by atoms with Crippen molar-refractivity contribution in [1.82, 2.24) is 15.1 Å². The van der Waals surface area contributed by atoms with Gasteiger partial charge in [-0.25, -0.2) is 9.69 Å². The van der Waals surface area contributed by atoms with Gasteiger partial charge in [-0.1, -0.05) is 27.7 Å². The van der Waals surface area contributed by atoms with E-state index < -0.39 is 5.54 Å². The summed E-state index contributed by atoms with van der Waals surface area (Å²) in [5, 5.41) is 5.25. The van der Waals surface area contributed by atoms with Gasteiger partial charge in [0, 0.05) is 17.5 Å². The minimum atomic E-state index is -0.663. The first kappa shape index (κ1) is 19.9. The molecule has 1 atom stereocenters. The Morgan fingerprint density at radius 3 is 2.61 bits per heavy atom. The number of thiophene rings is 1. The van der Waals surface area contributed by atoms with Gasteiger partial charge in [-0.3, -0.25) is 9.69 Å². The van der Waals surface area contributed by atoms with Crippen LogP contribution in [0.15, 0.2) is 11.4 Å². The van der Waals surface area contributed by atoms with Gasteiger partial charge >= 0.3 is 6.03 Å². The standard InChI is InChI=1S/C22H33N3O2S/c1-5-17-16-9-13-28-18(16)8-12-24(17)14-25-19(26)22(23-20(25)27)10-6-15(7-11-22)21(2,3)4/h9,13,15,17H,5-8,10-12,14H2,1-4H3,(H,23,27)/t15?,17-,22?/m1/s1. The third-order valence-electron chi connectivity index (χ3n) is 7.23. The van der Waals surface area contributed by atoms with Gasteiger partial charge in [0.1, 0.15) is 5.54 Å². The number of urea groups is 1. The Bertz CT molecular complexity index is 758. The fourth-order valence-electron chi connectivity index (χ4n) is 5.40. The molecule has 3 heterocycles. The lowest BCUT2D eigenvalue weighted by atomic mass is 9.67. The monoisotopic (exact) mass is 403 g/mol. The number of hydrogen-bond acceptors (Lipinski definition) is 4. The van der Waals surface area contributed by atoms with Gasteiger partial charge in [-0.15, -0.1) is 11.3 Å². The number of rotatable bonds is 3. The van der Waals surface area contributed by atoms with E-state index in [2.05, 4.69) is 49.4 Å². The Hall–Kier alpha value is -1.40. The molecule has 1 spiro atoms. The molecule has 1 saturated heterocycles. The fourth-order valence-corrected chi connectivity index (χ4v) is 6.33. The fraction of sp³-hybridized carbons (Fsp3) is 0.727. The van der Waals surface area contributed by atoms with Crippen LogP contribution in [0.25, 0.3) is 0 Å². The number of fused-ring (bicyclic) bond motifs is 1. The molecule has 28 heavy (non-hydrogen) atoms. The van der Waals surface area contributed by atoms with E-state index in [9.17, 15) is 9.59 Å². The van der Waals surface area contributed by atoms with E-state index in [1.807, 2.05) is 11.3 Å². The molecule has 2 fully saturated rings. The van der Waals surface area contributed by atoms with Crippen LogP contribution >= 0.6 is 11.3 Å². The van der Waals surface area contributed by atoms with Gasteiger partial charge in [-0.2, -0.15) is 0 Å². The third kappa shape index (κ3) is 3.28. The molecule has 154 valence electrons. The van der Waals surface area contributed by atoms with Crippen LogP contribution in [0.1, 0.15) is 76.3 Å². The minimum Gasteiger partial charge on any atom is -0.323 e. The zero-order valence-corrected chi connectivity index (χ0v) is 18.4. The smallest absolute Gasteiger partial charge is 0.323 e. The van der Waals surface area contributed by atoms with Crippen molar-refractivity contribution in [3.05, 3.63) is 21.9 Å². The van der Waals surface area contributed by atoms with Crippen LogP contribution in [0.3, 0.4) is 0 Å². The van der Waals surface area contributed by atoms with Crippen molar-refractivity contribution in [2.75, 3.05) is 13.2 Å². The first-order valence-corrected chi connectivity index (χ1v) is 11.6. The van der Waals surface area contributed by atoms with Gasteiger partial charge in [0.05, 0.1) is 6.67 Å². The van der Waals surface area contributed by atoms with Gasteiger partial charge in [0.15, 0.2) is 0 Å². The summed E-state index contributed by atoms with van der Waals surface area (Å²) in [5.74, 6) is 0.608. The number of hydrogen-bond donors (Lipinski definition) is 1. The summed E-state index contributed by atoms with van der Waals surface area (Å²) in [6.45, 7) is 10.3. The molecule has 1 aromatic rings. The first-order valence-electron chi connectivity index (χ1n) is 10.7. The molecule has 5 nitrogen and oxygen atoms in total.